The van der Waals surface area contributed by atoms with Crippen molar-refractivity contribution in [3.63, 3.8) is 0 Å². The SMILES string of the molecule is c1ccc(-c2nc3occn3c2-c2ccc3ccccc3c2)cc1. The van der Waals surface area contributed by atoms with Gasteiger partial charge in [0.05, 0.1) is 5.69 Å². The maximum Gasteiger partial charge on any atom is 0.306 e. The Kier molecular flexibility index (Phi) is 2.79. The molecule has 5 rings (SSSR count). The standard InChI is InChI=1S/C21H14N2O/c1-2-7-16(8-3-1)19-20(23-12-13-24-21(23)22-19)18-11-10-15-6-4-5-9-17(15)14-18/h1-14H. The molecule has 2 aromatic heterocycles. The van der Waals surface area contributed by atoms with Crippen LogP contribution >= 0.6 is 0 Å². The fourth-order valence-corrected chi connectivity index (χ4v) is 3.20. The van der Waals surface area contributed by atoms with Crippen molar-refractivity contribution in [2.45, 2.75) is 0 Å². The summed E-state index contributed by atoms with van der Waals surface area (Å²) in [6, 6.07) is 25.1. The maximum atomic E-state index is 5.52. The van der Waals surface area contributed by atoms with Crippen LogP contribution in [0.5, 0.6) is 0 Å². The van der Waals surface area contributed by atoms with Gasteiger partial charge in [-0.25, -0.2) is 0 Å². The Morgan fingerprint density at radius 2 is 1.54 bits per heavy atom. The van der Waals surface area contributed by atoms with Crippen molar-refractivity contribution in [2.75, 3.05) is 0 Å². The van der Waals surface area contributed by atoms with E-state index in [9.17, 15) is 0 Å². The zero-order valence-corrected chi connectivity index (χ0v) is 12.9. The molecule has 0 aliphatic heterocycles. The second-order valence-electron chi connectivity index (χ2n) is 5.79. The monoisotopic (exact) mass is 310 g/mol. The second kappa shape index (κ2) is 5.10. The number of imidazole rings is 1. The van der Waals surface area contributed by atoms with E-state index >= 15 is 0 Å². The van der Waals surface area contributed by atoms with Gasteiger partial charge in [0.15, 0.2) is 0 Å². The van der Waals surface area contributed by atoms with Crippen molar-refractivity contribution in [1.82, 2.24) is 9.38 Å². The van der Waals surface area contributed by atoms with Crippen LogP contribution in [-0.4, -0.2) is 9.38 Å². The van der Waals surface area contributed by atoms with E-state index in [0.717, 1.165) is 22.5 Å². The Morgan fingerprint density at radius 1 is 0.750 bits per heavy atom. The average Bonchev–Trinajstić information content (AvgIpc) is 3.23. The third-order valence-electron chi connectivity index (χ3n) is 4.33. The predicted molar refractivity (Wildman–Crippen MR) is 95.8 cm³/mol. The fraction of sp³-hybridized carbons (Fsp3) is 0. The molecule has 0 saturated heterocycles. The van der Waals surface area contributed by atoms with E-state index in [1.165, 1.54) is 10.8 Å². The van der Waals surface area contributed by atoms with E-state index in [4.69, 9.17) is 9.40 Å². The van der Waals surface area contributed by atoms with Gasteiger partial charge < -0.3 is 4.42 Å². The third kappa shape index (κ3) is 1.95. The molecule has 0 fully saturated rings. The van der Waals surface area contributed by atoms with Gasteiger partial charge in [0.25, 0.3) is 0 Å². The summed E-state index contributed by atoms with van der Waals surface area (Å²) in [6.45, 7) is 0. The van der Waals surface area contributed by atoms with E-state index in [1.54, 1.807) is 6.26 Å². The van der Waals surface area contributed by atoms with Gasteiger partial charge in [0, 0.05) is 17.3 Å². The van der Waals surface area contributed by atoms with E-state index in [0.29, 0.717) is 5.84 Å². The molecule has 0 amide bonds. The molecule has 0 N–H and O–H groups in total. The average molecular weight is 310 g/mol. The molecule has 3 nitrogen and oxygen atoms in total. The van der Waals surface area contributed by atoms with Crippen molar-refractivity contribution in [2.24, 2.45) is 0 Å². The van der Waals surface area contributed by atoms with Crippen LogP contribution in [0.4, 0.5) is 0 Å². The van der Waals surface area contributed by atoms with Crippen LogP contribution in [0.3, 0.4) is 0 Å². The van der Waals surface area contributed by atoms with E-state index < -0.39 is 0 Å². The predicted octanol–water partition coefficient (Wildman–Crippen LogP) is 5.41. The Labute approximate surface area is 138 Å². The number of aromatic nitrogens is 2. The number of fused-ring (bicyclic) bond motifs is 2. The summed E-state index contributed by atoms with van der Waals surface area (Å²) in [5.74, 6) is 0.608. The largest absolute Gasteiger partial charge is 0.432 e. The van der Waals surface area contributed by atoms with Crippen molar-refractivity contribution in [1.29, 1.82) is 0 Å². The first-order chi connectivity index (χ1) is 11.9. The van der Waals surface area contributed by atoms with Crippen molar-refractivity contribution in [3.8, 4) is 22.5 Å². The van der Waals surface area contributed by atoms with Crippen LogP contribution in [0, 0.1) is 0 Å². The molecule has 3 aromatic carbocycles. The Balaban J connectivity index is 1.82. The molecule has 24 heavy (non-hydrogen) atoms. The summed E-state index contributed by atoms with van der Waals surface area (Å²) in [5, 5.41) is 2.45. The Hall–Kier alpha value is -3.33. The number of nitrogens with zero attached hydrogens (tertiary/aromatic N) is 2. The lowest BCUT2D eigenvalue weighted by Crippen LogP contribution is -1.88. The summed E-state index contributed by atoms with van der Waals surface area (Å²) in [7, 11) is 0. The summed E-state index contributed by atoms with van der Waals surface area (Å²) >= 11 is 0. The van der Waals surface area contributed by atoms with Gasteiger partial charge in [0.2, 0.25) is 0 Å². The van der Waals surface area contributed by atoms with Gasteiger partial charge in [-0.15, -0.1) is 0 Å². The molecule has 0 atom stereocenters. The molecule has 0 radical (unpaired) electrons. The molecule has 0 aliphatic rings. The highest BCUT2D eigenvalue weighted by molar-refractivity contribution is 5.90. The quantitative estimate of drug-likeness (QED) is 0.436. The van der Waals surface area contributed by atoms with Crippen LogP contribution in [0.25, 0.3) is 39.1 Å². The van der Waals surface area contributed by atoms with Crippen LogP contribution in [0.1, 0.15) is 0 Å². The molecule has 0 spiro atoms. The molecule has 0 unspecified atom stereocenters. The lowest BCUT2D eigenvalue weighted by molar-refractivity contribution is 0.596. The highest BCUT2D eigenvalue weighted by Gasteiger charge is 2.17. The van der Waals surface area contributed by atoms with Gasteiger partial charge >= 0.3 is 5.84 Å². The molecular weight excluding hydrogens is 296 g/mol. The first-order valence-corrected chi connectivity index (χ1v) is 7.90. The first-order valence-electron chi connectivity index (χ1n) is 7.90. The van der Waals surface area contributed by atoms with E-state index in [1.807, 2.05) is 28.8 Å². The molecule has 0 bridgehead atoms. The lowest BCUT2D eigenvalue weighted by Gasteiger charge is -2.06. The Bertz CT molecular complexity index is 1150. The fourth-order valence-electron chi connectivity index (χ4n) is 3.20. The first kappa shape index (κ1) is 13.1. The highest BCUT2D eigenvalue weighted by atomic mass is 16.3. The summed E-state index contributed by atoms with van der Waals surface area (Å²) in [4.78, 5) is 4.70. The van der Waals surface area contributed by atoms with Crippen LogP contribution in [-0.2, 0) is 0 Å². The van der Waals surface area contributed by atoms with Crippen LogP contribution < -0.4 is 0 Å². The summed E-state index contributed by atoms with van der Waals surface area (Å²) in [5.41, 5.74) is 4.20. The number of hydrogen-bond acceptors (Lipinski definition) is 2. The smallest absolute Gasteiger partial charge is 0.306 e. The van der Waals surface area contributed by atoms with Gasteiger partial charge in [-0.1, -0.05) is 66.7 Å². The number of hydrogen-bond donors (Lipinski definition) is 0. The Morgan fingerprint density at radius 3 is 2.42 bits per heavy atom. The number of oxazole rings is 1. The molecule has 5 aromatic rings. The van der Waals surface area contributed by atoms with Crippen molar-refractivity contribution < 1.29 is 4.42 Å². The minimum Gasteiger partial charge on any atom is -0.432 e. The normalized spacial score (nSPS) is 11.3. The molecule has 0 aliphatic carbocycles. The third-order valence-corrected chi connectivity index (χ3v) is 4.33. The van der Waals surface area contributed by atoms with Gasteiger partial charge in [-0.3, -0.25) is 4.40 Å². The summed E-state index contributed by atoms with van der Waals surface area (Å²) < 4.78 is 7.53. The maximum absolute atomic E-state index is 5.52. The lowest BCUT2D eigenvalue weighted by atomic mass is 10.0. The van der Waals surface area contributed by atoms with Crippen LogP contribution in [0.2, 0.25) is 0 Å². The van der Waals surface area contributed by atoms with Gasteiger partial charge in [-0.05, 0) is 16.8 Å². The molecule has 3 heteroatoms. The van der Waals surface area contributed by atoms with Crippen molar-refractivity contribution in [3.05, 3.63) is 85.3 Å². The minimum atomic E-state index is 0.608. The number of rotatable bonds is 2. The number of benzene rings is 3. The summed E-state index contributed by atoms with van der Waals surface area (Å²) in [6.07, 6.45) is 3.58. The molecule has 0 saturated carbocycles. The zero-order valence-electron chi connectivity index (χ0n) is 12.9. The van der Waals surface area contributed by atoms with E-state index in [2.05, 4.69) is 54.6 Å². The van der Waals surface area contributed by atoms with Gasteiger partial charge in [0.1, 0.15) is 12.0 Å². The highest BCUT2D eigenvalue weighted by Crippen LogP contribution is 2.34. The molecule has 2 heterocycles. The molecular formula is C21H14N2O. The van der Waals surface area contributed by atoms with Crippen molar-refractivity contribution >= 4 is 16.6 Å². The van der Waals surface area contributed by atoms with Crippen LogP contribution in [0.15, 0.2) is 89.7 Å². The van der Waals surface area contributed by atoms with Gasteiger partial charge in [-0.2, -0.15) is 4.98 Å². The minimum absolute atomic E-state index is 0.608. The molecule has 114 valence electrons. The second-order valence-corrected chi connectivity index (χ2v) is 5.79. The van der Waals surface area contributed by atoms with E-state index in [-0.39, 0.29) is 0 Å². The zero-order chi connectivity index (χ0) is 15.9. The topological polar surface area (TPSA) is 30.4 Å².